The summed E-state index contributed by atoms with van der Waals surface area (Å²) in [4.78, 5) is 0. The molecule has 2 N–H and O–H groups in total. The zero-order valence-electron chi connectivity index (χ0n) is 44.8. The molecule has 0 fully saturated rings. The van der Waals surface area contributed by atoms with Crippen molar-refractivity contribution >= 4 is 0 Å². The van der Waals surface area contributed by atoms with Gasteiger partial charge in [0, 0.05) is 195 Å². The number of ether oxygens (including phenoxy) is 3. The lowest BCUT2D eigenvalue weighted by atomic mass is 10.5. The van der Waals surface area contributed by atoms with Crippen LogP contribution in [0.25, 0.3) is 0 Å². The summed E-state index contributed by atoms with van der Waals surface area (Å²) in [6.45, 7) is 19.6. The van der Waals surface area contributed by atoms with Gasteiger partial charge in [-0.05, 0) is 203 Å². The van der Waals surface area contributed by atoms with Crippen LogP contribution in [0.5, 0.6) is 0 Å². The average molecular weight is 1080 g/mol. The third kappa shape index (κ3) is 75.7. The number of hydrogen-bond donors (Lipinski definition) is 2. The van der Waals surface area contributed by atoms with Crippen molar-refractivity contribution < 1.29 is 24.4 Å². The maximum Gasteiger partial charge on any atom is 0.346 e. The number of hydrogen-bond acceptors (Lipinski definition) is 5. The highest BCUT2D eigenvalue weighted by molar-refractivity contribution is 4.99. The van der Waals surface area contributed by atoms with Gasteiger partial charge in [0.25, 0.3) is 0 Å². The number of aliphatic hydroxyl groups is 2. The highest BCUT2D eigenvalue weighted by Gasteiger charge is 1.89. The van der Waals surface area contributed by atoms with E-state index >= 15 is 0 Å². The topological polar surface area (TPSA) is 68.2 Å². The van der Waals surface area contributed by atoms with Crippen LogP contribution in [0.4, 0.5) is 0 Å². The maximum absolute atomic E-state index is 8.37. The van der Waals surface area contributed by atoms with E-state index in [0.29, 0.717) is 0 Å². The standard InChI is InChI=1S/C40H8O2.C36H4O2.C5H10O/c1-4-7-8-9-10-11-12-13-14-15-16-17-18-19-20-21-22-23-24-25-26-27-28-29-30-31-32-33-34-35-36-37-38-39-40(41-5-2)42-6-3;1-2-3-4-5-6-7-8-9-10-11-12-13-14-15-16-17-18-19-20-21-22-23-24-25-26-27-28-29-30-31-32-33-34-35-36(37)38;1-3-5-6-4-2/h5-6H,1-3H2;37-38H,1H2;4H,2-3,5H2,1H3. The van der Waals surface area contributed by atoms with Gasteiger partial charge in [0.15, 0.2) is 0 Å². The van der Waals surface area contributed by atoms with E-state index in [1.165, 1.54) is 6.26 Å². The maximum atomic E-state index is 8.37. The van der Waals surface area contributed by atoms with Crippen LogP contribution in [0.2, 0.25) is 0 Å². The normalized spacial score (nSPS) is 4.62. The smallest absolute Gasteiger partial charge is 0.346 e. The van der Waals surface area contributed by atoms with E-state index in [-0.39, 0.29) is 5.95 Å². The molecule has 0 amide bonds. The summed E-state index contributed by atoms with van der Waals surface area (Å²) in [5, 5.41) is 16.7. The molecule has 0 aliphatic rings. The Morgan fingerprint density at radius 2 is 0.419 bits per heavy atom. The summed E-state index contributed by atoms with van der Waals surface area (Å²) < 4.78 is 14.5. The number of rotatable bonds is 7. The lowest BCUT2D eigenvalue weighted by Gasteiger charge is -1.97. The second-order valence-electron chi connectivity index (χ2n) is 10.8. The van der Waals surface area contributed by atoms with Gasteiger partial charge in [0.1, 0.15) is 0 Å². The van der Waals surface area contributed by atoms with Crippen molar-refractivity contribution in [3.05, 3.63) is 453 Å². The monoisotopic (exact) mass is 1070 g/mol. The summed E-state index contributed by atoms with van der Waals surface area (Å²) >= 11 is 0. The molecule has 5 nitrogen and oxygen atoms in total. The van der Waals surface area contributed by atoms with Crippen LogP contribution in [0.15, 0.2) is 453 Å². The summed E-state index contributed by atoms with van der Waals surface area (Å²) in [6.07, 6.45) is 4.85. The molecule has 5 heteroatoms. The first-order chi connectivity index (χ1) is 42.5. The molecular formula is C81H22O5. The molecule has 0 saturated carbocycles. The Labute approximate surface area is 495 Å². The van der Waals surface area contributed by atoms with Crippen LogP contribution in [0.1, 0.15) is 13.3 Å². The molecule has 0 spiro atoms. The van der Waals surface area contributed by atoms with E-state index in [1.807, 2.05) is 5.73 Å². The first-order valence-electron chi connectivity index (χ1n) is 22.0. The molecule has 86 heavy (non-hydrogen) atoms. The minimum Gasteiger partial charge on any atom is -0.502 e. The van der Waals surface area contributed by atoms with Crippen molar-refractivity contribution in [2.24, 2.45) is 0 Å². The molecule has 0 aromatic carbocycles. The molecule has 0 bridgehead atoms. The Bertz CT molecular complexity index is 5690. The minimum atomic E-state index is -1.02. The van der Waals surface area contributed by atoms with Gasteiger partial charge < -0.3 is 24.4 Å². The number of aliphatic hydroxyl groups excluding tert-OH is 1. The first kappa shape index (κ1) is 73.0. The lowest BCUT2D eigenvalue weighted by Crippen LogP contribution is -1.83. The molecule has 0 aromatic heterocycles. The van der Waals surface area contributed by atoms with Crippen LogP contribution < -0.4 is 0 Å². The molecule has 0 saturated heterocycles. The molecule has 0 radical (unpaired) electrons. The predicted octanol–water partition coefficient (Wildman–Crippen LogP) is 14.5. The van der Waals surface area contributed by atoms with E-state index in [4.69, 9.17) is 24.4 Å². The second kappa shape index (κ2) is 72.0. The fraction of sp³-hybridized carbons (Fsp3) is 0.0370. The minimum absolute atomic E-state index is 0.00574. The second-order valence-corrected chi connectivity index (χ2v) is 10.8. The van der Waals surface area contributed by atoms with E-state index < -0.39 is 5.95 Å². The Morgan fingerprint density at radius 3 is 0.547 bits per heavy atom. The first-order valence-corrected chi connectivity index (χ1v) is 22.0. The molecule has 0 aliphatic carbocycles. The third-order valence-electron chi connectivity index (χ3n) is 5.21. The van der Waals surface area contributed by atoms with E-state index in [9.17, 15) is 0 Å². The van der Waals surface area contributed by atoms with E-state index in [0.717, 1.165) is 25.6 Å². The van der Waals surface area contributed by atoms with Crippen molar-refractivity contribution in [3.63, 3.8) is 0 Å². The molecule has 0 heterocycles. The Kier molecular flexibility index (Phi) is 61.1. The highest BCUT2D eigenvalue weighted by atomic mass is 16.7. The van der Waals surface area contributed by atoms with Gasteiger partial charge in [0.2, 0.25) is 0 Å². The van der Waals surface area contributed by atoms with Gasteiger partial charge in [-0.3, -0.25) is 0 Å². The van der Waals surface area contributed by atoms with Crippen molar-refractivity contribution in [1.82, 2.24) is 0 Å². The van der Waals surface area contributed by atoms with E-state index in [1.54, 1.807) is 0 Å². The van der Waals surface area contributed by atoms with Gasteiger partial charge in [-0.2, -0.15) is 0 Å². The van der Waals surface area contributed by atoms with Crippen molar-refractivity contribution in [1.29, 1.82) is 0 Å². The molecular weight excluding hydrogens is 1050 g/mol. The van der Waals surface area contributed by atoms with Gasteiger partial charge >= 0.3 is 11.9 Å². The van der Waals surface area contributed by atoms with Gasteiger partial charge in [-0.15, -0.1) is 0 Å². The van der Waals surface area contributed by atoms with Gasteiger partial charge in [-0.1, -0.05) is 38.1 Å². The molecule has 0 rings (SSSR count). The van der Waals surface area contributed by atoms with Crippen LogP contribution in [-0.4, -0.2) is 16.8 Å². The van der Waals surface area contributed by atoms with Crippen LogP contribution in [0.3, 0.4) is 0 Å². The van der Waals surface area contributed by atoms with Gasteiger partial charge in [0.05, 0.1) is 25.4 Å². The summed E-state index contributed by atoms with van der Waals surface area (Å²) in [5.41, 5.74) is 167. The molecule has 0 atom stereocenters. The molecule has 0 unspecified atom stereocenters. The molecule has 376 valence electrons. The van der Waals surface area contributed by atoms with Crippen molar-refractivity contribution in [2.75, 3.05) is 6.61 Å². The zero-order valence-corrected chi connectivity index (χ0v) is 44.8. The van der Waals surface area contributed by atoms with Crippen LogP contribution in [-0.2, 0) is 14.2 Å². The fourth-order valence-electron chi connectivity index (χ4n) is 2.57. The quantitative estimate of drug-likeness (QED) is 0.151. The van der Waals surface area contributed by atoms with Crippen molar-refractivity contribution in [2.45, 2.75) is 13.3 Å². The summed E-state index contributed by atoms with van der Waals surface area (Å²) in [5.74, 6) is -1.02. The summed E-state index contributed by atoms with van der Waals surface area (Å²) in [6, 6.07) is 0. The SMILES string of the molecule is C=C=C=C=C=C=C=C=C=C=C=C=C=C=C=C=C=C=C=C=C=C=C=C=C=C=C=C=C=C=C=C=C=C=C=C(O)O.C=C=C=C=C=C=C=C=C=C=C=C=C=C=C=C=C=C=C=C=C=C=C=C=C=C=C=C=C=C=C=C=C=C=C=C(OC=C)OC=C.C=COCCC. The Balaban J connectivity index is -0.00000147. The van der Waals surface area contributed by atoms with Gasteiger partial charge in [-0.25, -0.2) is 0 Å². The van der Waals surface area contributed by atoms with Crippen LogP contribution >= 0.6 is 0 Å². The molecule has 0 aromatic rings. The van der Waals surface area contributed by atoms with Crippen LogP contribution in [0, 0.1) is 0 Å². The summed E-state index contributed by atoms with van der Waals surface area (Å²) in [7, 11) is 0. The largest absolute Gasteiger partial charge is 0.502 e. The zero-order chi connectivity index (χ0) is 62.9. The highest BCUT2D eigenvalue weighted by Crippen LogP contribution is 1.96. The molecule has 0 aliphatic heterocycles. The third-order valence-corrected chi connectivity index (χ3v) is 5.21. The predicted molar refractivity (Wildman–Crippen MR) is 311 cm³/mol. The van der Waals surface area contributed by atoms with E-state index in [2.05, 4.69) is 424 Å². The Morgan fingerprint density at radius 1 is 0.256 bits per heavy atom. The Hall–Kier alpha value is -17.3. The average Bonchev–Trinajstić information content (AvgIpc) is 3.51. The van der Waals surface area contributed by atoms with Crippen molar-refractivity contribution in [3.8, 4) is 0 Å². The fourth-order valence-corrected chi connectivity index (χ4v) is 2.57. The lowest BCUT2D eigenvalue weighted by molar-refractivity contribution is 0.151.